The van der Waals surface area contributed by atoms with Crippen molar-refractivity contribution in [2.75, 3.05) is 19.6 Å². The van der Waals surface area contributed by atoms with E-state index in [4.69, 9.17) is 4.74 Å². The van der Waals surface area contributed by atoms with Gasteiger partial charge in [0.1, 0.15) is 0 Å². The average molecular weight is 451 g/mol. The molecule has 172 valence electrons. The molecule has 0 saturated carbocycles. The van der Waals surface area contributed by atoms with Gasteiger partial charge >= 0.3 is 0 Å². The van der Waals surface area contributed by atoms with E-state index in [1.54, 1.807) is 6.07 Å². The zero-order valence-electron chi connectivity index (χ0n) is 18.7. The molecule has 1 N–H and O–H groups in total. The van der Waals surface area contributed by atoms with Crippen LogP contribution in [0.25, 0.3) is 0 Å². The maximum atomic E-state index is 13.8. The molecular weight excluding hydrogens is 422 g/mol. The fourth-order valence-corrected chi connectivity index (χ4v) is 4.99. The van der Waals surface area contributed by atoms with Gasteiger partial charge in [-0.1, -0.05) is 19.1 Å². The molecule has 1 atom stereocenters. The topological polar surface area (TPSA) is 50.3 Å². The number of aromatic nitrogens is 2. The van der Waals surface area contributed by atoms with E-state index < -0.39 is 11.6 Å². The number of benzene rings is 1. The molecule has 1 unspecified atom stereocenters. The van der Waals surface area contributed by atoms with Crippen LogP contribution in [0, 0.1) is 11.6 Å². The van der Waals surface area contributed by atoms with Gasteiger partial charge in [0, 0.05) is 43.8 Å². The molecule has 0 radical (unpaired) electrons. The lowest BCUT2D eigenvalue weighted by molar-refractivity contribution is -0.0800. The fraction of sp³-hybridized carbons (Fsp3) is 0.385. The molecule has 2 aliphatic rings. The Bertz CT molecular complexity index is 1110. The maximum absolute atomic E-state index is 13.8. The average Bonchev–Trinajstić information content (AvgIpc) is 3.20. The first-order chi connectivity index (χ1) is 16.1. The summed E-state index contributed by atoms with van der Waals surface area (Å²) in [7, 11) is 0. The molecule has 1 fully saturated rings. The molecule has 7 heteroatoms. The van der Waals surface area contributed by atoms with Crippen molar-refractivity contribution in [1.82, 2.24) is 20.2 Å². The van der Waals surface area contributed by atoms with Crippen LogP contribution in [0.1, 0.15) is 53.8 Å². The summed E-state index contributed by atoms with van der Waals surface area (Å²) >= 11 is 0. The Hall–Kier alpha value is -2.74. The molecule has 0 bridgehead atoms. The SMILES string of the molecule is CCNC(c1ccc(F)c(F)c1)c1ccc(CN2CCC3(CC2)OCc2ccncc23)cn1. The second-order valence-corrected chi connectivity index (χ2v) is 8.85. The monoisotopic (exact) mass is 450 g/mol. The smallest absolute Gasteiger partial charge is 0.159 e. The summed E-state index contributed by atoms with van der Waals surface area (Å²) in [6.45, 7) is 6.06. The van der Waals surface area contributed by atoms with E-state index in [1.165, 1.54) is 17.2 Å². The zero-order chi connectivity index (χ0) is 22.8. The van der Waals surface area contributed by atoms with Crippen LogP contribution < -0.4 is 5.32 Å². The van der Waals surface area contributed by atoms with Gasteiger partial charge in [0.25, 0.3) is 0 Å². The maximum Gasteiger partial charge on any atom is 0.159 e. The van der Waals surface area contributed by atoms with Gasteiger partial charge in [-0.15, -0.1) is 0 Å². The number of rotatable bonds is 6. The summed E-state index contributed by atoms with van der Waals surface area (Å²) in [6, 6.07) is 9.81. The van der Waals surface area contributed by atoms with Crippen LogP contribution in [0.3, 0.4) is 0 Å². The van der Waals surface area contributed by atoms with E-state index in [9.17, 15) is 8.78 Å². The Morgan fingerprint density at radius 2 is 1.94 bits per heavy atom. The Labute approximate surface area is 192 Å². The van der Waals surface area contributed by atoms with Crippen molar-refractivity contribution < 1.29 is 13.5 Å². The Morgan fingerprint density at radius 1 is 1.09 bits per heavy atom. The number of fused-ring (bicyclic) bond motifs is 2. The highest BCUT2D eigenvalue weighted by molar-refractivity contribution is 5.33. The largest absolute Gasteiger partial charge is 0.365 e. The summed E-state index contributed by atoms with van der Waals surface area (Å²) in [5.74, 6) is -1.69. The lowest BCUT2D eigenvalue weighted by Crippen LogP contribution is -2.42. The molecule has 2 aromatic heterocycles. The normalized spacial score (nSPS) is 18.4. The summed E-state index contributed by atoms with van der Waals surface area (Å²) in [4.78, 5) is 11.4. The highest BCUT2D eigenvalue weighted by atomic mass is 19.2. The summed E-state index contributed by atoms with van der Waals surface area (Å²) in [6.07, 6.45) is 7.59. The number of pyridine rings is 2. The second-order valence-electron chi connectivity index (χ2n) is 8.85. The van der Waals surface area contributed by atoms with E-state index >= 15 is 0 Å². The highest BCUT2D eigenvalue weighted by Gasteiger charge is 2.42. The van der Waals surface area contributed by atoms with Crippen molar-refractivity contribution >= 4 is 0 Å². The van der Waals surface area contributed by atoms with Crippen LogP contribution in [0.5, 0.6) is 0 Å². The van der Waals surface area contributed by atoms with Gasteiger partial charge in [-0.25, -0.2) is 8.78 Å². The van der Waals surface area contributed by atoms with Crippen LogP contribution >= 0.6 is 0 Å². The summed E-state index contributed by atoms with van der Waals surface area (Å²) < 4.78 is 33.4. The fourth-order valence-electron chi connectivity index (χ4n) is 4.99. The molecule has 3 aromatic rings. The lowest BCUT2D eigenvalue weighted by Gasteiger charge is -2.39. The number of hydrogen-bond acceptors (Lipinski definition) is 5. The number of nitrogens with one attached hydrogen (secondary N) is 1. The first kappa shape index (κ1) is 22.1. The molecule has 0 aliphatic carbocycles. The van der Waals surface area contributed by atoms with Crippen LogP contribution in [0.15, 0.2) is 55.0 Å². The summed E-state index contributed by atoms with van der Waals surface area (Å²) in [5.41, 5.74) is 4.89. The molecule has 1 saturated heterocycles. The Balaban J connectivity index is 1.24. The molecule has 1 spiro atoms. The number of hydrogen-bond donors (Lipinski definition) is 1. The molecule has 5 rings (SSSR count). The van der Waals surface area contributed by atoms with Crippen molar-refractivity contribution in [3.05, 3.63) is 94.6 Å². The van der Waals surface area contributed by atoms with Crippen molar-refractivity contribution in [2.45, 2.75) is 44.6 Å². The van der Waals surface area contributed by atoms with E-state index in [0.717, 1.165) is 49.8 Å². The van der Waals surface area contributed by atoms with Gasteiger partial charge in [0.05, 0.1) is 23.9 Å². The van der Waals surface area contributed by atoms with Crippen LogP contribution in [-0.4, -0.2) is 34.5 Å². The molecule has 1 aromatic carbocycles. The van der Waals surface area contributed by atoms with Crippen LogP contribution in [0.2, 0.25) is 0 Å². The van der Waals surface area contributed by atoms with E-state index in [1.807, 2.05) is 31.6 Å². The van der Waals surface area contributed by atoms with Gasteiger partial charge in [-0.3, -0.25) is 14.9 Å². The van der Waals surface area contributed by atoms with E-state index in [-0.39, 0.29) is 11.6 Å². The minimum atomic E-state index is -0.848. The summed E-state index contributed by atoms with van der Waals surface area (Å²) in [5, 5.41) is 3.32. The Morgan fingerprint density at radius 3 is 2.67 bits per heavy atom. The number of nitrogens with zero attached hydrogens (tertiary/aromatic N) is 3. The Kier molecular flexibility index (Phi) is 6.19. The molecule has 4 heterocycles. The van der Waals surface area contributed by atoms with Gasteiger partial charge in [-0.05, 0) is 60.3 Å². The van der Waals surface area contributed by atoms with Gasteiger partial charge in [0.2, 0.25) is 0 Å². The number of halogens is 2. The molecule has 33 heavy (non-hydrogen) atoms. The van der Waals surface area contributed by atoms with E-state index in [2.05, 4.69) is 32.3 Å². The van der Waals surface area contributed by atoms with Gasteiger partial charge in [0.15, 0.2) is 11.6 Å². The molecular formula is C26H28F2N4O. The van der Waals surface area contributed by atoms with Crippen molar-refractivity contribution in [3.8, 4) is 0 Å². The van der Waals surface area contributed by atoms with Crippen LogP contribution in [0.4, 0.5) is 8.78 Å². The lowest BCUT2D eigenvalue weighted by atomic mass is 9.84. The van der Waals surface area contributed by atoms with Gasteiger partial charge < -0.3 is 10.1 Å². The van der Waals surface area contributed by atoms with Crippen molar-refractivity contribution in [1.29, 1.82) is 0 Å². The van der Waals surface area contributed by atoms with Crippen molar-refractivity contribution in [2.24, 2.45) is 0 Å². The predicted molar refractivity (Wildman–Crippen MR) is 121 cm³/mol. The third-order valence-corrected chi connectivity index (χ3v) is 6.80. The molecule has 2 aliphatic heterocycles. The molecule has 0 amide bonds. The second kappa shape index (κ2) is 9.25. The molecule has 5 nitrogen and oxygen atoms in total. The third kappa shape index (κ3) is 4.40. The standard InChI is InChI=1S/C26H28F2N4O/c1-2-30-25(19-4-5-22(27)23(28)13-19)24-6-3-18(14-31-24)16-32-11-8-26(9-12-32)21-15-29-10-7-20(21)17-33-26/h3-7,10,13-15,25,30H,2,8-9,11-12,16-17H2,1H3. The minimum absolute atomic E-state index is 0.189. The number of ether oxygens (including phenoxy) is 1. The highest BCUT2D eigenvalue weighted by Crippen LogP contribution is 2.43. The predicted octanol–water partition coefficient (Wildman–Crippen LogP) is 4.48. The first-order valence-electron chi connectivity index (χ1n) is 11.5. The zero-order valence-corrected chi connectivity index (χ0v) is 18.7. The number of piperidine rings is 1. The quantitative estimate of drug-likeness (QED) is 0.600. The van der Waals surface area contributed by atoms with E-state index in [0.29, 0.717) is 18.7 Å². The van der Waals surface area contributed by atoms with Crippen molar-refractivity contribution in [3.63, 3.8) is 0 Å². The number of likely N-dealkylation sites (tertiary alicyclic amines) is 1. The first-order valence-corrected chi connectivity index (χ1v) is 11.5. The third-order valence-electron chi connectivity index (χ3n) is 6.80. The minimum Gasteiger partial charge on any atom is -0.365 e. The van der Waals surface area contributed by atoms with Crippen LogP contribution in [-0.2, 0) is 23.5 Å². The van der Waals surface area contributed by atoms with Gasteiger partial charge in [-0.2, -0.15) is 0 Å².